The fourth-order valence-electron chi connectivity index (χ4n) is 1.26. The van der Waals surface area contributed by atoms with Crippen LogP contribution in [0, 0.1) is 0 Å². The van der Waals surface area contributed by atoms with Crippen molar-refractivity contribution in [3.63, 3.8) is 0 Å². The molecule has 62 valence electrons. The van der Waals surface area contributed by atoms with Gasteiger partial charge in [-0.3, -0.25) is 4.67 Å². The van der Waals surface area contributed by atoms with E-state index >= 15 is 0 Å². The summed E-state index contributed by atoms with van der Waals surface area (Å²) in [6, 6.07) is 0.891. The van der Waals surface area contributed by atoms with E-state index in [0.717, 1.165) is 0 Å². The minimum atomic E-state index is -0.909. The Kier molecular flexibility index (Phi) is 4.42. The molecule has 1 N–H and O–H groups in total. The maximum atomic E-state index is 9.34. The Labute approximate surface area is 65.1 Å². The van der Waals surface area contributed by atoms with Gasteiger partial charge in [0.05, 0.1) is 8.30 Å². The maximum Gasteiger partial charge on any atom is 0.0977 e. The van der Waals surface area contributed by atoms with E-state index in [1.807, 2.05) is 6.66 Å². The van der Waals surface area contributed by atoms with Crippen molar-refractivity contribution in [3.05, 3.63) is 0 Å². The lowest BCUT2D eigenvalue weighted by atomic mass is 10.3. The van der Waals surface area contributed by atoms with Crippen molar-refractivity contribution in [2.45, 2.75) is 39.8 Å². The largest absolute Gasteiger partial charge is 0.359 e. The molecular formula is C7H18NOP. The summed E-state index contributed by atoms with van der Waals surface area (Å²) < 4.78 is 2.12. The topological polar surface area (TPSA) is 23.5 Å². The van der Waals surface area contributed by atoms with Crippen LogP contribution in [0.4, 0.5) is 0 Å². The lowest BCUT2D eigenvalue weighted by Gasteiger charge is -2.32. The SMILES string of the molecule is CC(C)N(C(C)C)P(C)O. The van der Waals surface area contributed by atoms with Gasteiger partial charge in [-0.05, 0) is 34.4 Å². The molecule has 0 amide bonds. The van der Waals surface area contributed by atoms with Crippen LogP contribution in [-0.4, -0.2) is 28.3 Å². The summed E-state index contributed by atoms with van der Waals surface area (Å²) in [5, 5.41) is 0. The predicted octanol–water partition coefficient (Wildman–Crippen LogP) is 2.04. The third kappa shape index (κ3) is 2.96. The molecule has 0 fully saturated rings. The molecular weight excluding hydrogens is 145 g/mol. The lowest BCUT2D eigenvalue weighted by molar-refractivity contribution is 0.299. The first-order valence-electron chi connectivity index (χ1n) is 3.67. The second-order valence-electron chi connectivity index (χ2n) is 3.06. The summed E-state index contributed by atoms with van der Waals surface area (Å²) in [7, 11) is -0.909. The van der Waals surface area contributed by atoms with Gasteiger partial charge in [-0.25, -0.2) is 0 Å². The molecule has 1 unspecified atom stereocenters. The average molecular weight is 163 g/mol. The van der Waals surface area contributed by atoms with Gasteiger partial charge in [0.25, 0.3) is 0 Å². The van der Waals surface area contributed by atoms with E-state index < -0.39 is 8.30 Å². The minimum Gasteiger partial charge on any atom is -0.359 e. The molecule has 0 radical (unpaired) electrons. The van der Waals surface area contributed by atoms with Crippen LogP contribution in [0.3, 0.4) is 0 Å². The zero-order valence-electron chi connectivity index (χ0n) is 7.50. The van der Waals surface area contributed by atoms with Crippen LogP contribution in [0.25, 0.3) is 0 Å². The maximum absolute atomic E-state index is 9.34. The van der Waals surface area contributed by atoms with Crippen LogP contribution in [0.15, 0.2) is 0 Å². The molecule has 0 spiro atoms. The lowest BCUT2D eigenvalue weighted by Crippen LogP contribution is -2.31. The van der Waals surface area contributed by atoms with E-state index in [1.54, 1.807) is 0 Å². The summed E-state index contributed by atoms with van der Waals surface area (Å²) in [4.78, 5) is 9.34. The molecule has 1 atom stereocenters. The highest BCUT2D eigenvalue weighted by Crippen LogP contribution is 2.34. The van der Waals surface area contributed by atoms with Gasteiger partial charge >= 0.3 is 0 Å². The Morgan fingerprint density at radius 1 is 1.10 bits per heavy atom. The van der Waals surface area contributed by atoms with Crippen molar-refractivity contribution < 1.29 is 4.89 Å². The van der Waals surface area contributed by atoms with Gasteiger partial charge in [0.2, 0.25) is 0 Å². The van der Waals surface area contributed by atoms with E-state index in [1.165, 1.54) is 0 Å². The number of hydrogen-bond acceptors (Lipinski definition) is 2. The Balaban J connectivity index is 3.98. The molecule has 0 aliphatic rings. The third-order valence-electron chi connectivity index (χ3n) is 1.39. The van der Waals surface area contributed by atoms with Crippen LogP contribution >= 0.6 is 8.30 Å². The standard InChI is InChI=1S/C7H18NOP/c1-6(2)8(7(3)4)10(5)9/h6-7,9H,1-5H3. The van der Waals surface area contributed by atoms with Crippen molar-refractivity contribution in [1.82, 2.24) is 4.67 Å². The average Bonchev–Trinajstić information content (AvgIpc) is 1.59. The molecule has 0 aliphatic carbocycles. The molecule has 0 rings (SSSR count). The minimum absolute atomic E-state index is 0.445. The summed E-state index contributed by atoms with van der Waals surface area (Å²) in [5.74, 6) is 0. The molecule has 0 aromatic rings. The second kappa shape index (κ2) is 4.27. The Morgan fingerprint density at radius 2 is 1.40 bits per heavy atom. The highest BCUT2D eigenvalue weighted by Gasteiger charge is 2.17. The highest BCUT2D eigenvalue weighted by molar-refractivity contribution is 7.48. The first-order valence-corrected chi connectivity index (χ1v) is 5.37. The fraction of sp³-hybridized carbons (Fsp3) is 1.00. The summed E-state index contributed by atoms with van der Waals surface area (Å²) in [6.45, 7) is 10.3. The van der Waals surface area contributed by atoms with Crippen LogP contribution in [0.1, 0.15) is 27.7 Å². The molecule has 3 heteroatoms. The predicted molar refractivity (Wildman–Crippen MR) is 47.2 cm³/mol. The van der Waals surface area contributed by atoms with Crippen molar-refractivity contribution in [2.75, 3.05) is 6.66 Å². The first-order chi connectivity index (χ1) is 4.46. The first kappa shape index (κ1) is 10.3. The number of hydrogen-bond donors (Lipinski definition) is 1. The van der Waals surface area contributed by atoms with Gasteiger partial charge in [-0.15, -0.1) is 0 Å². The van der Waals surface area contributed by atoms with Crippen LogP contribution in [0.2, 0.25) is 0 Å². The molecule has 0 saturated carbocycles. The van der Waals surface area contributed by atoms with Crippen molar-refractivity contribution in [1.29, 1.82) is 0 Å². The monoisotopic (exact) mass is 163 g/mol. The van der Waals surface area contributed by atoms with Gasteiger partial charge in [0.15, 0.2) is 0 Å². The van der Waals surface area contributed by atoms with Crippen molar-refractivity contribution in [3.8, 4) is 0 Å². The summed E-state index contributed by atoms with van der Waals surface area (Å²) >= 11 is 0. The van der Waals surface area contributed by atoms with Crippen LogP contribution in [-0.2, 0) is 0 Å². The molecule has 2 nitrogen and oxygen atoms in total. The molecule has 0 heterocycles. The number of rotatable bonds is 3. The van der Waals surface area contributed by atoms with Gasteiger partial charge in [-0.2, -0.15) is 0 Å². The van der Waals surface area contributed by atoms with E-state index in [2.05, 4.69) is 32.4 Å². The van der Waals surface area contributed by atoms with Crippen molar-refractivity contribution in [2.24, 2.45) is 0 Å². The van der Waals surface area contributed by atoms with Crippen LogP contribution in [0.5, 0.6) is 0 Å². The van der Waals surface area contributed by atoms with E-state index in [9.17, 15) is 4.89 Å². The van der Waals surface area contributed by atoms with Crippen molar-refractivity contribution >= 4 is 8.30 Å². The third-order valence-corrected chi connectivity index (χ3v) is 2.98. The molecule has 0 bridgehead atoms. The normalized spacial score (nSPS) is 15.3. The Morgan fingerprint density at radius 3 is 1.40 bits per heavy atom. The molecule has 0 saturated heterocycles. The molecule has 10 heavy (non-hydrogen) atoms. The van der Waals surface area contributed by atoms with Gasteiger partial charge in [-0.1, -0.05) is 0 Å². The number of nitrogens with zero attached hydrogens (tertiary/aromatic N) is 1. The Bertz CT molecular complexity index is 74.6. The summed E-state index contributed by atoms with van der Waals surface area (Å²) in [5.41, 5.74) is 0. The zero-order valence-corrected chi connectivity index (χ0v) is 8.39. The molecule has 0 aromatic heterocycles. The molecule has 0 aliphatic heterocycles. The molecule has 0 aromatic carbocycles. The highest BCUT2D eigenvalue weighted by atomic mass is 31.2. The van der Waals surface area contributed by atoms with E-state index in [4.69, 9.17) is 0 Å². The van der Waals surface area contributed by atoms with E-state index in [0.29, 0.717) is 12.1 Å². The van der Waals surface area contributed by atoms with Gasteiger partial charge in [0, 0.05) is 12.1 Å². The van der Waals surface area contributed by atoms with Crippen LogP contribution < -0.4 is 0 Å². The zero-order chi connectivity index (χ0) is 8.31. The van der Waals surface area contributed by atoms with E-state index in [-0.39, 0.29) is 0 Å². The fourth-order valence-corrected chi connectivity index (χ4v) is 2.60. The van der Waals surface area contributed by atoms with Gasteiger partial charge in [0.1, 0.15) is 0 Å². The second-order valence-corrected chi connectivity index (χ2v) is 4.50. The smallest absolute Gasteiger partial charge is 0.0977 e. The summed E-state index contributed by atoms with van der Waals surface area (Å²) in [6.07, 6.45) is 0. The Hall–Kier alpha value is 0.350. The van der Waals surface area contributed by atoms with Gasteiger partial charge < -0.3 is 4.89 Å². The quantitative estimate of drug-likeness (QED) is 0.643.